The van der Waals surface area contributed by atoms with Gasteiger partial charge < -0.3 is 27.6 Å². The molecule has 9 nitrogen and oxygen atoms in total. The van der Waals surface area contributed by atoms with Gasteiger partial charge in [0.25, 0.3) is 0 Å². The van der Waals surface area contributed by atoms with Crippen LogP contribution in [0.2, 0.25) is 0 Å². The van der Waals surface area contributed by atoms with E-state index in [0.717, 1.165) is 0 Å². The first-order chi connectivity index (χ1) is 3.46. The van der Waals surface area contributed by atoms with E-state index in [-0.39, 0.29) is 12.3 Å². The summed E-state index contributed by atoms with van der Waals surface area (Å²) in [6, 6.07) is 0. The zero-order valence-corrected chi connectivity index (χ0v) is 6.74. The molecule has 0 aromatic rings. The van der Waals surface area contributed by atoms with Crippen molar-refractivity contribution < 1.29 is 31.9 Å². The molecule has 0 aliphatic rings. The Balaban J connectivity index is -0.0000000300. The Labute approximate surface area is 60.3 Å². The van der Waals surface area contributed by atoms with E-state index >= 15 is 0 Å². The topological polar surface area (TPSA) is 196 Å². The maximum absolute atomic E-state index is 8.56. The molecular weight excluding hydrogens is 189 g/mol. The third-order valence-electron chi connectivity index (χ3n) is 0. The minimum atomic E-state index is -3.94. The first-order valence-corrected chi connectivity index (χ1v) is 2.81. The zero-order valence-electron chi connectivity index (χ0n) is 5.34. The van der Waals surface area contributed by atoms with Crippen LogP contribution in [0.15, 0.2) is 0 Å². The minimum absolute atomic E-state index is 0. The summed E-state index contributed by atoms with van der Waals surface area (Å²) in [7, 11) is 0. The molecule has 0 aliphatic carbocycles. The van der Waals surface area contributed by atoms with E-state index in [0.29, 0.717) is 0 Å². The van der Waals surface area contributed by atoms with Gasteiger partial charge in [0.15, 0.2) is 0 Å². The number of rotatable bonds is 0. The van der Waals surface area contributed by atoms with Gasteiger partial charge in [0.1, 0.15) is 0 Å². The fraction of sp³-hybridized carbons (Fsp3) is 0. The summed E-state index contributed by atoms with van der Waals surface area (Å²) in [6.45, 7) is 0. The van der Waals surface area contributed by atoms with Crippen LogP contribution in [0.4, 0.5) is 0 Å². The van der Waals surface area contributed by atoms with Gasteiger partial charge in [0.2, 0.25) is 0 Å². The van der Waals surface area contributed by atoms with Crippen LogP contribution in [0.5, 0.6) is 0 Å². The Morgan fingerprint density at radius 1 is 1.10 bits per heavy atom. The van der Waals surface area contributed by atoms with Gasteiger partial charge in [0.05, 0.1) is 5.09 Å². The van der Waals surface area contributed by atoms with Gasteiger partial charge in [0, 0.05) is 0 Å². The predicted molar refractivity (Wildman–Crippen MR) is 23.7 cm³/mol. The van der Waals surface area contributed by atoms with Crippen molar-refractivity contribution >= 4 is 0 Å². The molecule has 0 amide bonds. The van der Waals surface area contributed by atoms with Crippen molar-refractivity contribution in [3.63, 3.8) is 0 Å². The second kappa shape index (κ2) is 15.7. The summed E-state index contributed by atoms with van der Waals surface area (Å²) in [4.78, 5) is 8.25. The van der Waals surface area contributed by atoms with Crippen LogP contribution in [-0.4, -0.2) is 5.09 Å². The third kappa shape index (κ3) is 527. The summed E-state index contributed by atoms with van der Waals surface area (Å²) >= 11 is -3.94. The Morgan fingerprint density at radius 2 is 1.10 bits per heavy atom. The van der Waals surface area contributed by atoms with Crippen molar-refractivity contribution in [3.05, 3.63) is 15.3 Å². The van der Waals surface area contributed by atoms with Crippen molar-refractivity contribution in [1.82, 2.24) is 12.3 Å². The first-order valence-electron chi connectivity index (χ1n) is 1.10. The summed E-state index contributed by atoms with van der Waals surface area (Å²) in [5.74, 6) is 0. The Hall–Kier alpha value is -0.736. The molecule has 0 atom stereocenters. The summed E-state index contributed by atoms with van der Waals surface area (Å²) in [5.41, 5.74) is 0. The monoisotopic (exact) mass is 197 g/mol. The van der Waals surface area contributed by atoms with Crippen molar-refractivity contribution in [2.24, 2.45) is 0 Å². The normalized spacial score (nSPS) is 4.90. The molecule has 0 fully saturated rings. The molecule has 0 rings (SSSR count). The summed E-state index contributed by atoms with van der Waals surface area (Å²) in [5, 5.41) is 14.8. The van der Waals surface area contributed by atoms with Crippen LogP contribution < -0.4 is 16.3 Å². The molecule has 0 bridgehead atoms. The first kappa shape index (κ1) is 22.8. The van der Waals surface area contributed by atoms with Crippen LogP contribution in [0.3, 0.4) is 0 Å². The van der Waals surface area contributed by atoms with E-state index in [4.69, 9.17) is 26.7 Å². The Bertz CT molecular complexity index is 115. The molecule has 0 aromatic heterocycles. The van der Waals surface area contributed by atoms with Crippen molar-refractivity contribution in [2.45, 2.75) is 0 Å². The molecule has 64 valence electrons. The third-order valence-corrected chi connectivity index (χ3v) is 0. The van der Waals surface area contributed by atoms with Crippen LogP contribution in [0.1, 0.15) is 0 Å². The molecular formula is H8N3O6V. The Kier molecular flexibility index (Phi) is 35.9. The van der Waals surface area contributed by atoms with E-state index in [1.165, 1.54) is 0 Å². The fourth-order valence-corrected chi connectivity index (χ4v) is 0. The van der Waals surface area contributed by atoms with E-state index < -0.39 is 20.5 Å². The molecule has 0 saturated heterocycles. The van der Waals surface area contributed by atoms with Gasteiger partial charge in [-0.2, -0.15) is 0 Å². The molecule has 0 aliphatic heterocycles. The standard InChI is InChI=1S/NO3.2H3N.3O.V/c2-1(3)4;;;;;;/h;2*1H3;;;;/q-1;;;;;-1;/p+2. The van der Waals surface area contributed by atoms with Crippen LogP contribution >= 0.6 is 0 Å². The maximum atomic E-state index is 8.56. The number of hydrogen-bond acceptors (Lipinski definition) is 6. The van der Waals surface area contributed by atoms with Crippen molar-refractivity contribution in [3.8, 4) is 0 Å². The van der Waals surface area contributed by atoms with Crippen LogP contribution in [0, 0.1) is 15.3 Å². The van der Waals surface area contributed by atoms with Crippen molar-refractivity contribution in [1.29, 1.82) is 0 Å². The van der Waals surface area contributed by atoms with Gasteiger partial charge in [-0.15, -0.1) is 0 Å². The predicted octanol–water partition coefficient (Wildman–Crippen LogP) is -0.916. The molecule has 0 unspecified atom stereocenters. The molecule has 10 heavy (non-hydrogen) atoms. The van der Waals surface area contributed by atoms with Gasteiger partial charge in [-0.25, -0.2) is 0 Å². The molecule has 0 radical (unpaired) electrons. The quantitative estimate of drug-likeness (QED) is 0.371. The average Bonchev–Trinajstić information content (AvgIpc) is 1.25. The van der Waals surface area contributed by atoms with E-state index in [2.05, 4.69) is 0 Å². The van der Waals surface area contributed by atoms with Crippen molar-refractivity contribution in [2.75, 3.05) is 0 Å². The van der Waals surface area contributed by atoms with Gasteiger partial charge in [-0.1, -0.05) is 0 Å². The SMILES string of the molecule is O=[N+]([O-])[O-].[NH4+].[NH4+].[O]=[V](=[O])[O-]. The summed E-state index contributed by atoms with van der Waals surface area (Å²) < 4.78 is 25.7. The van der Waals surface area contributed by atoms with Gasteiger partial charge in [-0.3, -0.25) is 0 Å². The van der Waals surface area contributed by atoms with Crippen LogP contribution in [0.25, 0.3) is 0 Å². The summed E-state index contributed by atoms with van der Waals surface area (Å²) in [6.07, 6.45) is 0. The number of nitrogens with zero attached hydrogens (tertiary/aromatic N) is 1. The molecule has 0 aromatic carbocycles. The second-order valence-electron chi connectivity index (χ2n) is 0.447. The fourth-order valence-electron chi connectivity index (χ4n) is 0. The van der Waals surface area contributed by atoms with Gasteiger partial charge >= 0.3 is 26.8 Å². The molecule has 0 spiro atoms. The number of hydrogen-bond donors (Lipinski definition) is 2. The van der Waals surface area contributed by atoms with Gasteiger partial charge in [-0.05, 0) is 0 Å². The number of quaternary nitrogens is 2. The van der Waals surface area contributed by atoms with E-state index in [1.54, 1.807) is 0 Å². The van der Waals surface area contributed by atoms with E-state index in [1.807, 2.05) is 0 Å². The van der Waals surface area contributed by atoms with E-state index in [9.17, 15) is 0 Å². The molecule has 0 heterocycles. The Morgan fingerprint density at radius 3 is 1.10 bits per heavy atom. The zero-order chi connectivity index (χ0) is 7.15. The molecule has 0 saturated carbocycles. The molecule has 8 N–H and O–H groups in total. The van der Waals surface area contributed by atoms with Crippen LogP contribution in [-0.2, 0) is 22.7 Å². The molecule has 10 heteroatoms. The average molecular weight is 197 g/mol. The second-order valence-corrected chi connectivity index (χ2v) is 1.15.